The number of carbonyl (C=O) groups is 22. The van der Waals surface area contributed by atoms with Gasteiger partial charge < -0.3 is 127 Å². The highest BCUT2D eigenvalue weighted by Crippen LogP contribution is 2.25. The Bertz CT molecular complexity index is 4530. The number of likely N-dealkylation sites (tertiary alicyclic amines) is 1. The SMILES string of the molecule is CC[C@H](C)[C@H](NC(=O)C(C)(C)NC(=O)[C@@H](NC(=O)[C@@H]1CCCN1C(=O)C(C)(C)NC(=O)[C@H](CC(C)C)NC(=O)[C@H](CO)NC(=O)C(C)(C)NC(=O)C(C)(C)NC(=O)C(C)(C)NC(=O)[C@H](CCC(N)=O)NC(=O)C(C)(CC)NC(=O)C(C)(C)NC(=O)[C@H](C)NC(=O)[C@H](C)NC(=O)C(C)(C)NC(C)=O)C(C)C)C(=O)N[C@@H](CCC(=O)OC)C(=O)N[C@@H](CCC(N)=O)C(=O)N[C@H](CO)Cc1ccccc1. The fourth-order valence-electron chi connectivity index (χ4n) is 13.8. The number of nitrogens with two attached hydrogens (primary N) is 2. The largest absolute Gasteiger partial charge is 0.469 e. The number of rotatable bonds is 55. The van der Waals surface area contributed by atoms with Gasteiger partial charge in [-0.2, -0.15) is 0 Å². The molecule has 1 aromatic carbocycles. The minimum Gasteiger partial charge on any atom is -0.469 e. The molecule has 13 atom stereocenters. The van der Waals surface area contributed by atoms with Crippen molar-refractivity contribution in [2.75, 3.05) is 26.9 Å². The van der Waals surface area contributed by atoms with Crippen LogP contribution in [0.2, 0.25) is 0 Å². The van der Waals surface area contributed by atoms with Gasteiger partial charge in [0.05, 0.1) is 26.4 Å². The fourth-order valence-corrected chi connectivity index (χ4v) is 13.8. The van der Waals surface area contributed by atoms with Crippen LogP contribution in [0.3, 0.4) is 0 Å². The molecule has 770 valence electrons. The Morgan fingerprint density at radius 2 is 0.832 bits per heavy atom. The maximum Gasteiger partial charge on any atom is 0.305 e. The average molecular weight is 1940 g/mol. The summed E-state index contributed by atoms with van der Waals surface area (Å²) in [5.41, 5.74) is -2.89. The van der Waals surface area contributed by atoms with Crippen LogP contribution in [0, 0.1) is 17.8 Å². The highest BCUT2D eigenvalue weighted by Gasteiger charge is 2.49. The fraction of sp³-hybridized carbons (Fsp3) is 0.692. The molecule has 0 aliphatic carbocycles. The third-order valence-electron chi connectivity index (χ3n) is 23.1. The molecule has 0 saturated carbocycles. The lowest BCUT2D eigenvalue weighted by Crippen LogP contribution is -2.68. The second-order valence-corrected chi connectivity index (χ2v) is 39.5. The molecular weight excluding hydrogens is 1790 g/mol. The van der Waals surface area contributed by atoms with Crippen molar-refractivity contribution in [3.05, 3.63) is 35.9 Å². The zero-order valence-electron chi connectivity index (χ0n) is 84.0. The molecule has 0 bridgehead atoms. The predicted molar refractivity (Wildman–Crippen MR) is 500 cm³/mol. The normalized spacial score (nSPS) is 15.9. The number of nitrogens with zero attached hydrogens (tertiary/aromatic N) is 1. The van der Waals surface area contributed by atoms with E-state index in [1.165, 1.54) is 136 Å². The summed E-state index contributed by atoms with van der Waals surface area (Å²) in [7, 11) is 1.11. The van der Waals surface area contributed by atoms with Gasteiger partial charge in [0.1, 0.15) is 105 Å². The second-order valence-electron chi connectivity index (χ2n) is 39.5. The van der Waals surface area contributed by atoms with Gasteiger partial charge in [0.2, 0.25) is 124 Å². The molecule has 21 amide bonds. The molecule has 1 fully saturated rings. The molecule has 137 heavy (non-hydrogen) atoms. The lowest BCUT2D eigenvalue weighted by Gasteiger charge is -2.36. The molecule has 24 N–H and O–H groups in total. The molecule has 1 heterocycles. The second kappa shape index (κ2) is 52.1. The smallest absolute Gasteiger partial charge is 0.305 e. The number of carbonyl (C=O) groups excluding carboxylic acids is 22. The number of nitrogens with one attached hydrogen (secondary N) is 18. The summed E-state index contributed by atoms with van der Waals surface area (Å²) >= 11 is 0. The number of benzene rings is 1. The zero-order valence-corrected chi connectivity index (χ0v) is 84.0. The monoisotopic (exact) mass is 1940 g/mol. The topological polar surface area (TPSA) is 697 Å². The van der Waals surface area contributed by atoms with Gasteiger partial charge in [-0.15, -0.1) is 0 Å². The molecule has 46 heteroatoms. The number of hydrogen-bond donors (Lipinski definition) is 22. The Morgan fingerprint density at radius 3 is 1.32 bits per heavy atom. The van der Waals surface area contributed by atoms with Crippen LogP contribution in [-0.2, 0) is 117 Å². The van der Waals surface area contributed by atoms with E-state index in [0.29, 0.717) is 0 Å². The Labute approximate surface area is 800 Å². The summed E-state index contributed by atoms with van der Waals surface area (Å²) in [5.74, 6) is -21.0. The standard InChI is InChI=1S/C91H151N21O25/c1-27-49(7)65(74(127)98-56(38-41-63(118)137-26)69(122)97-55(36-39-61(92)116)68(121)96-54(45-113)44-53-33-30-29-31-34-53)103-78(131)85(13,14)108-75(128)64(48(5)6)102-73(126)60-35-32-42-112(60)83(136)90(23,24)107-72(125)58(43-47(3)4)99-70(123)59(46-114)101-77(130)86(15,16)109-80(133)89(21,22)110-79(132)87(17,18)106-71(124)57(37-40-62(93)117)100-82(135)91(25,28-2)111-81(134)88(19,20)105-67(120)51(9)94-66(119)50(8)95-76(129)84(11,12)104-52(10)115/h29-31,33-34,47-51,54-60,64-65,113-114H,27-28,32,35-46H2,1-26H3,(H2,92,116)(H2,93,117)(H,94,119)(H,95,129)(H,96,121)(H,97,122)(H,98,127)(H,99,123)(H,100,135)(H,101,130)(H,102,126)(H,103,131)(H,104,115)(H,105,120)(H,106,124)(H,107,125)(H,108,128)(H,109,133)(H,110,132)(H,111,134)/t49-,50-,51-,54-,55-,56-,57-,58-,59-,60-,64-,65-,91?/m0/s1. The molecule has 0 aromatic heterocycles. The van der Waals surface area contributed by atoms with E-state index in [-0.39, 0.29) is 70.3 Å². The molecule has 1 aliphatic rings. The summed E-state index contributed by atoms with van der Waals surface area (Å²) in [4.78, 5) is 302. The number of amides is 21. The van der Waals surface area contributed by atoms with Crippen molar-refractivity contribution in [1.29, 1.82) is 0 Å². The lowest BCUT2D eigenvalue weighted by molar-refractivity contribution is -0.146. The van der Waals surface area contributed by atoms with E-state index in [2.05, 4.69) is 95.7 Å². The van der Waals surface area contributed by atoms with Crippen LogP contribution in [0.1, 0.15) is 249 Å². The van der Waals surface area contributed by atoms with Gasteiger partial charge in [0.15, 0.2) is 0 Å². The molecule has 2 rings (SSSR count). The highest BCUT2D eigenvalue weighted by atomic mass is 16.5. The summed E-state index contributed by atoms with van der Waals surface area (Å²) in [6.07, 6.45) is -1.75. The maximum absolute atomic E-state index is 14.7. The highest BCUT2D eigenvalue weighted by molar-refractivity contribution is 6.05. The maximum atomic E-state index is 14.7. The van der Waals surface area contributed by atoms with Crippen LogP contribution < -0.4 is 107 Å². The van der Waals surface area contributed by atoms with Gasteiger partial charge >= 0.3 is 5.97 Å². The number of primary amides is 2. The molecule has 1 saturated heterocycles. The van der Waals surface area contributed by atoms with Crippen molar-refractivity contribution in [2.24, 2.45) is 29.2 Å². The lowest BCUT2D eigenvalue weighted by atomic mass is 9.93. The Morgan fingerprint density at radius 1 is 0.416 bits per heavy atom. The number of ether oxygens (including phenoxy) is 1. The summed E-state index contributed by atoms with van der Waals surface area (Å²) in [6.45, 7) is 33.3. The summed E-state index contributed by atoms with van der Waals surface area (Å²) < 4.78 is 4.79. The molecule has 0 radical (unpaired) electrons. The van der Waals surface area contributed by atoms with E-state index in [0.717, 1.165) is 12.7 Å². The number of hydrogen-bond acceptors (Lipinski definition) is 25. The quantitative estimate of drug-likeness (QED) is 0.0276. The third-order valence-corrected chi connectivity index (χ3v) is 23.1. The third kappa shape index (κ3) is 37.8. The number of methoxy groups -OCH3 is 1. The van der Waals surface area contributed by atoms with Gasteiger partial charge in [-0.3, -0.25) is 105 Å². The first-order valence-electron chi connectivity index (χ1n) is 45.8. The van der Waals surface area contributed by atoms with Gasteiger partial charge in [0, 0.05) is 32.7 Å². The van der Waals surface area contributed by atoms with E-state index in [1.54, 1.807) is 71.9 Å². The summed E-state index contributed by atoms with van der Waals surface area (Å²) in [6, 6.07) is -6.32. The van der Waals surface area contributed by atoms with Crippen molar-refractivity contribution in [2.45, 2.75) is 361 Å². The van der Waals surface area contributed by atoms with Crippen molar-refractivity contribution < 1.29 is 120 Å². The Kier molecular flexibility index (Phi) is 45.9. The molecule has 1 aliphatic heterocycles. The first-order valence-corrected chi connectivity index (χ1v) is 45.8. The van der Waals surface area contributed by atoms with Gasteiger partial charge in [-0.1, -0.05) is 85.2 Å². The first kappa shape index (κ1) is 121. The van der Waals surface area contributed by atoms with E-state index in [1.807, 2.05) is 0 Å². The van der Waals surface area contributed by atoms with Crippen LogP contribution in [-0.4, -0.2) is 283 Å². The van der Waals surface area contributed by atoms with Crippen LogP contribution in [0.4, 0.5) is 0 Å². The van der Waals surface area contributed by atoms with Crippen LogP contribution >= 0.6 is 0 Å². The number of aliphatic hydroxyl groups excluding tert-OH is 2. The van der Waals surface area contributed by atoms with Crippen LogP contribution in [0.15, 0.2) is 30.3 Å². The number of aliphatic hydroxyl groups is 2. The molecule has 1 aromatic rings. The van der Waals surface area contributed by atoms with E-state index in [9.17, 15) is 116 Å². The average Bonchev–Trinajstić information content (AvgIpc) is 1.77. The molecule has 46 nitrogen and oxygen atoms in total. The van der Waals surface area contributed by atoms with Crippen LogP contribution in [0.5, 0.6) is 0 Å². The van der Waals surface area contributed by atoms with E-state index < -0.39 is 285 Å². The van der Waals surface area contributed by atoms with E-state index >= 15 is 0 Å². The van der Waals surface area contributed by atoms with Gasteiger partial charge in [0.25, 0.3) is 0 Å². The van der Waals surface area contributed by atoms with Crippen molar-refractivity contribution in [3.8, 4) is 0 Å². The van der Waals surface area contributed by atoms with E-state index in [4.69, 9.17) is 16.2 Å². The summed E-state index contributed by atoms with van der Waals surface area (Å²) in [5, 5.41) is 66.5. The molecule has 0 spiro atoms. The van der Waals surface area contributed by atoms with Crippen molar-refractivity contribution in [3.63, 3.8) is 0 Å². The van der Waals surface area contributed by atoms with Crippen molar-refractivity contribution in [1.82, 2.24) is 101 Å². The minimum atomic E-state index is -1.96. The predicted octanol–water partition coefficient (Wildman–Crippen LogP) is -4.11. The van der Waals surface area contributed by atoms with Gasteiger partial charge in [-0.05, 0) is 192 Å². The van der Waals surface area contributed by atoms with Crippen LogP contribution in [0.25, 0.3) is 0 Å². The zero-order chi connectivity index (χ0) is 106. The Balaban J connectivity index is 2.27. The molecular formula is C91H151N21O25. The van der Waals surface area contributed by atoms with Crippen molar-refractivity contribution >= 4 is 130 Å². The minimum absolute atomic E-state index is 0.00297. The number of esters is 1. The first-order chi connectivity index (χ1) is 62.9. The van der Waals surface area contributed by atoms with Gasteiger partial charge in [-0.25, -0.2) is 0 Å². The Hall–Kier alpha value is -12.5. The molecule has 1 unspecified atom stereocenters.